The number of hydrogen-bond acceptors (Lipinski definition) is 2. The predicted octanol–water partition coefficient (Wildman–Crippen LogP) is 8.68. The third-order valence-electron chi connectivity index (χ3n) is 8.09. The number of ketones is 2. The van der Waals surface area contributed by atoms with Crippen LogP contribution in [0.1, 0.15) is 31.8 Å². The van der Waals surface area contributed by atoms with Gasteiger partial charge < -0.3 is 0 Å². The minimum absolute atomic E-state index is 0.00167. The first-order chi connectivity index (χ1) is 20.7. The van der Waals surface area contributed by atoms with Crippen molar-refractivity contribution in [3.63, 3.8) is 0 Å². The highest BCUT2D eigenvalue weighted by molar-refractivity contribution is 6.17. The number of benzene rings is 6. The Kier molecular flexibility index (Phi) is 5.41. The molecule has 0 spiro atoms. The molecule has 2 heterocycles. The van der Waals surface area contributed by atoms with Crippen LogP contribution in [0.5, 0.6) is 0 Å². The van der Waals surface area contributed by atoms with Gasteiger partial charge in [-0.15, -0.1) is 0 Å². The van der Waals surface area contributed by atoms with E-state index in [-0.39, 0.29) is 11.6 Å². The standard InChI is InChI=1S/C38H24N2O2/c41-37(25-11-3-1-4-12-25)27-19-21-35-31(23-27)29-15-7-9-17-33(29)39(35)40-34-18-10-8-16-30(34)32-24-28(20-22-36(32)40)38(42)26-13-5-2-6-14-26/h1-24H. The topological polar surface area (TPSA) is 44.0 Å². The number of fused-ring (bicyclic) bond motifs is 6. The average Bonchev–Trinajstić information content (AvgIpc) is 3.56. The van der Waals surface area contributed by atoms with Gasteiger partial charge in [0, 0.05) is 43.8 Å². The van der Waals surface area contributed by atoms with Crippen LogP contribution in [0.3, 0.4) is 0 Å². The molecular formula is C38H24N2O2. The molecule has 198 valence electrons. The monoisotopic (exact) mass is 540 g/mol. The minimum Gasteiger partial charge on any atom is -0.289 e. The fraction of sp³-hybridized carbons (Fsp3) is 0. The number of nitrogens with zero attached hydrogens (tertiary/aromatic N) is 2. The van der Waals surface area contributed by atoms with Crippen LogP contribution in [0.4, 0.5) is 0 Å². The molecule has 6 aromatic carbocycles. The summed E-state index contributed by atoms with van der Waals surface area (Å²) in [6, 6.07) is 47.3. The number of rotatable bonds is 5. The van der Waals surface area contributed by atoms with E-state index in [1.165, 1.54) is 0 Å². The van der Waals surface area contributed by atoms with Gasteiger partial charge in [0.15, 0.2) is 11.6 Å². The smallest absolute Gasteiger partial charge is 0.193 e. The van der Waals surface area contributed by atoms with E-state index in [0.717, 1.165) is 43.6 Å². The summed E-state index contributed by atoms with van der Waals surface area (Å²) in [5.74, 6) is 0.00335. The molecular weight excluding hydrogens is 516 g/mol. The molecule has 42 heavy (non-hydrogen) atoms. The molecule has 8 aromatic rings. The van der Waals surface area contributed by atoms with Gasteiger partial charge >= 0.3 is 0 Å². The van der Waals surface area contributed by atoms with Crippen LogP contribution >= 0.6 is 0 Å². The zero-order chi connectivity index (χ0) is 28.2. The first-order valence-electron chi connectivity index (χ1n) is 14.0. The van der Waals surface area contributed by atoms with Gasteiger partial charge in [0.25, 0.3) is 0 Å². The van der Waals surface area contributed by atoms with Crippen LogP contribution in [0.25, 0.3) is 43.6 Å². The molecule has 0 atom stereocenters. The van der Waals surface area contributed by atoms with Gasteiger partial charge in [0.2, 0.25) is 0 Å². The van der Waals surface area contributed by atoms with E-state index in [9.17, 15) is 9.59 Å². The lowest BCUT2D eigenvalue weighted by Crippen LogP contribution is -2.09. The Hall–Kier alpha value is -5.74. The third-order valence-corrected chi connectivity index (χ3v) is 8.09. The summed E-state index contributed by atoms with van der Waals surface area (Å²) in [5.41, 5.74) is 6.70. The molecule has 0 aliphatic heterocycles. The Morgan fingerprint density at radius 1 is 0.333 bits per heavy atom. The molecule has 4 nitrogen and oxygen atoms in total. The molecule has 4 heteroatoms. The lowest BCUT2D eigenvalue weighted by atomic mass is 10.0. The molecule has 0 unspecified atom stereocenters. The average molecular weight is 541 g/mol. The summed E-state index contributed by atoms with van der Waals surface area (Å²) >= 11 is 0. The fourth-order valence-electron chi connectivity index (χ4n) is 6.13. The lowest BCUT2D eigenvalue weighted by Gasteiger charge is -2.13. The van der Waals surface area contributed by atoms with Gasteiger partial charge in [-0.25, -0.2) is 9.35 Å². The van der Waals surface area contributed by atoms with E-state index in [1.807, 2.05) is 121 Å². The second-order valence-corrected chi connectivity index (χ2v) is 10.5. The van der Waals surface area contributed by atoms with Crippen molar-refractivity contribution in [2.45, 2.75) is 0 Å². The second-order valence-electron chi connectivity index (χ2n) is 10.5. The summed E-state index contributed by atoms with van der Waals surface area (Å²) in [6.07, 6.45) is 0. The van der Waals surface area contributed by atoms with Crippen molar-refractivity contribution in [3.8, 4) is 0 Å². The molecule has 0 aliphatic rings. The number of carbonyl (C=O) groups excluding carboxylic acids is 2. The quantitative estimate of drug-likeness (QED) is 0.205. The first-order valence-corrected chi connectivity index (χ1v) is 14.0. The van der Waals surface area contributed by atoms with Crippen molar-refractivity contribution >= 4 is 55.2 Å². The molecule has 8 rings (SSSR count). The van der Waals surface area contributed by atoms with Crippen LogP contribution < -0.4 is 0 Å². The molecule has 0 bridgehead atoms. The number of para-hydroxylation sites is 2. The Balaban J connectivity index is 1.38. The number of aromatic nitrogens is 2. The lowest BCUT2D eigenvalue weighted by molar-refractivity contribution is 0.103. The first kappa shape index (κ1) is 24.1. The van der Waals surface area contributed by atoms with Crippen molar-refractivity contribution in [3.05, 3.63) is 168 Å². The van der Waals surface area contributed by atoms with E-state index >= 15 is 0 Å². The molecule has 0 saturated heterocycles. The van der Waals surface area contributed by atoms with E-state index < -0.39 is 0 Å². The zero-order valence-corrected chi connectivity index (χ0v) is 22.6. The van der Waals surface area contributed by atoms with Crippen LogP contribution in [-0.2, 0) is 0 Å². The van der Waals surface area contributed by atoms with Crippen LogP contribution in [0.15, 0.2) is 146 Å². The molecule has 2 aromatic heterocycles. The number of carbonyl (C=O) groups is 2. The highest BCUT2D eigenvalue weighted by Crippen LogP contribution is 2.36. The van der Waals surface area contributed by atoms with Crippen molar-refractivity contribution in [1.82, 2.24) is 9.35 Å². The molecule has 0 amide bonds. The number of hydrogen-bond donors (Lipinski definition) is 0. The summed E-state index contributed by atoms with van der Waals surface area (Å²) in [4.78, 5) is 26.7. The van der Waals surface area contributed by atoms with E-state index in [1.54, 1.807) is 0 Å². The Morgan fingerprint density at radius 2 is 0.690 bits per heavy atom. The maximum atomic E-state index is 13.4. The Morgan fingerprint density at radius 3 is 1.12 bits per heavy atom. The molecule has 0 saturated carbocycles. The molecule has 0 aliphatic carbocycles. The maximum absolute atomic E-state index is 13.4. The maximum Gasteiger partial charge on any atom is 0.193 e. The van der Waals surface area contributed by atoms with E-state index in [4.69, 9.17) is 0 Å². The van der Waals surface area contributed by atoms with E-state index in [2.05, 4.69) is 33.6 Å². The van der Waals surface area contributed by atoms with Crippen molar-refractivity contribution in [2.75, 3.05) is 0 Å². The minimum atomic E-state index is 0.00167. The summed E-state index contributed by atoms with van der Waals surface area (Å²) in [7, 11) is 0. The summed E-state index contributed by atoms with van der Waals surface area (Å²) in [5, 5.41) is 4.15. The van der Waals surface area contributed by atoms with Crippen molar-refractivity contribution in [2.24, 2.45) is 0 Å². The highest BCUT2D eigenvalue weighted by Gasteiger charge is 2.20. The van der Waals surface area contributed by atoms with Gasteiger partial charge in [-0.1, -0.05) is 97.1 Å². The van der Waals surface area contributed by atoms with Gasteiger partial charge in [-0.2, -0.15) is 0 Å². The highest BCUT2D eigenvalue weighted by atomic mass is 16.1. The normalized spacial score (nSPS) is 11.5. The SMILES string of the molecule is O=C(c1ccccc1)c1ccc2c(c1)c1ccccc1n2-n1c2ccccc2c2cc(C(=O)c3ccccc3)ccc21. The third kappa shape index (κ3) is 3.62. The van der Waals surface area contributed by atoms with Crippen molar-refractivity contribution in [1.29, 1.82) is 0 Å². The van der Waals surface area contributed by atoms with Gasteiger partial charge in [0.05, 0.1) is 22.1 Å². The van der Waals surface area contributed by atoms with Crippen molar-refractivity contribution < 1.29 is 9.59 Å². The van der Waals surface area contributed by atoms with Crippen LogP contribution in [-0.4, -0.2) is 20.9 Å². The Bertz CT molecular complexity index is 2160. The fourth-order valence-corrected chi connectivity index (χ4v) is 6.13. The van der Waals surface area contributed by atoms with Crippen LogP contribution in [0, 0.1) is 0 Å². The summed E-state index contributed by atoms with van der Waals surface area (Å²) in [6.45, 7) is 0. The summed E-state index contributed by atoms with van der Waals surface area (Å²) < 4.78 is 4.45. The van der Waals surface area contributed by atoms with Gasteiger partial charge in [-0.05, 0) is 48.5 Å². The van der Waals surface area contributed by atoms with Crippen LogP contribution in [0.2, 0.25) is 0 Å². The van der Waals surface area contributed by atoms with Gasteiger partial charge in [-0.3, -0.25) is 9.59 Å². The molecule has 0 N–H and O–H groups in total. The zero-order valence-electron chi connectivity index (χ0n) is 22.6. The second kappa shape index (κ2) is 9.43. The Labute approximate surface area is 241 Å². The molecule has 0 radical (unpaired) electrons. The largest absolute Gasteiger partial charge is 0.289 e. The van der Waals surface area contributed by atoms with E-state index in [0.29, 0.717) is 22.3 Å². The van der Waals surface area contributed by atoms with Gasteiger partial charge in [0.1, 0.15) is 0 Å². The molecule has 0 fully saturated rings. The predicted molar refractivity (Wildman–Crippen MR) is 169 cm³/mol.